The predicted molar refractivity (Wildman–Crippen MR) is 131 cm³/mol. The monoisotopic (exact) mass is 400 g/mol. The van der Waals surface area contributed by atoms with Gasteiger partial charge in [0.2, 0.25) is 0 Å². The Bertz CT molecular complexity index is 1180. The maximum Gasteiger partial charge on any atom is 0.0102 e. The molecule has 5 rings (SSSR count). The molecule has 0 spiro atoms. The molecule has 0 nitrogen and oxygen atoms in total. The fourth-order valence-corrected chi connectivity index (χ4v) is 4.92. The highest BCUT2D eigenvalue weighted by atomic mass is 31.0. The summed E-state index contributed by atoms with van der Waals surface area (Å²) in [7, 11) is 1.24. The van der Waals surface area contributed by atoms with Gasteiger partial charge in [-0.1, -0.05) is 123 Å². The molecule has 0 saturated heterocycles. The van der Waals surface area contributed by atoms with Crippen LogP contribution < -0.4 is 0 Å². The second-order valence-electron chi connectivity index (χ2n) is 7.30. The third-order valence-electron chi connectivity index (χ3n) is 5.29. The topological polar surface area (TPSA) is 0 Å². The second kappa shape index (κ2) is 8.49. The fourth-order valence-electron chi connectivity index (χ4n) is 3.70. The minimum Gasteiger partial charge on any atom is -0.0622 e. The van der Waals surface area contributed by atoms with E-state index >= 15 is 0 Å². The molecule has 0 unspecified atom stereocenters. The first-order chi connectivity index (χ1) is 14.9. The number of hydrogen-bond acceptors (Lipinski definition) is 0. The van der Waals surface area contributed by atoms with Gasteiger partial charge in [0.05, 0.1) is 0 Å². The fraction of sp³-hybridized carbons (Fsp3) is 0. The van der Waals surface area contributed by atoms with Crippen molar-refractivity contribution < 1.29 is 0 Å². The summed E-state index contributed by atoms with van der Waals surface area (Å²) in [6.45, 7) is 0. The van der Waals surface area contributed by atoms with E-state index in [0.717, 1.165) is 0 Å². The van der Waals surface area contributed by atoms with Crippen LogP contribution in [0.25, 0.3) is 44.0 Å². The molecule has 0 saturated carbocycles. The lowest BCUT2D eigenvalue weighted by Gasteiger charge is -2.11. The van der Waals surface area contributed by atoms with Gasteiger partial charge in [0.1, 0.15) is 0 Å². The Morgan fingerprint density at radius 3 is 1.07 bits per heavy atom. The van der Waals surface area contributed by atoms with E-state index < -0.39 is 0 Å². The van der Waals surface area contributed by atoms with Gasteiger partial charge in [-0.3, -0.25) is 0 Å². The van der Waals surface area contributed by atoms with E-state index in [1.165, 1.54) is 52.2 Å². The van der Waals surface area contributed by atoms with Crippen LogP contribution >= 0.6 is 8.19 Å². The second-order valence-corrected chi connectivity index (χ2v) is 8.49. The smallest absolute Gasteiger partial charge is 0.0102 e. The quantitative estimate of drug-likeness (QED) is 0.282. The van der Waals surface area contributed by atoms with Gasteiger partial charge in [-0.15, -0.1) is 0 Å². The van der Waals surface area contributed by atoms with Crippen molar-refractivity contribution in [1.29, 1.82) is 0 Å². The molecule has 0 radical (unpaired) electrons. The molecule has 142 valence electrons. The Morgan fingerprint density at radius 2 is 0.633 bits per heavy atom. The van der Waals surface area contributed by atoms with Crippen LogP contribution in [0.2, 0.25) is 0 Å². The molecule has 30 heavy (non-hydrogen) atoms. The van der Waals surface area contributed by atoms with Crippen molar-refractivity contribution in [3.63, 3.8) is 0 Å². The van der Waals surface area contributed by atoms with Gasteiger partial charge >= 0.3 is 0 Å². The summed E-state index contributed by atoms with van der Waals surface area (Å²) in [5.41, 5.74) is 7.54. The van der Waals surface area contributed by atoms with Crippen LogP contribution in [0.15, 0.2) is 127 Å². The lowest BCUT2D eigenvalue weighted by Crippen LogP contribution is -1.83. The van der Waals surface area contributed by atoms with Crippen LogP contribution in [0.5, 0.6) is 0 Å². The van der Waals surface area contributed by atoms with Gasteiger partial charge in [-0.2, -0.15) is 0 Å². The van der Waals surface area contributed by atoms with Crippen molar-refractivity contribution in [1.82, 2.24) is 0 Å². The first kappa shape index (κ1) is 18.6. The predicted octanol–water partition coefficient (Wildman–Crippen LogP) is 8.93. The maximum atomic E-state index is 2.33. The summed E-state index contributed by atoms with van der Waals surface area (Å²) in [6, 6.07) is 45.5. The standard InChI is InChI=1S/C29H21P/c1-4-10-22(11-5-1)23-16-18-24(19-17-23)27-20-28(25-12-6-2-7-13-25)30-29(21-27)26-14-8-3-9-15-26/h1-21H. The van der Waals surface area contributed by atoms with Crippen molar-refractivity contribution in [2.75, 3.05) is 0 Å². The molecule has 0 N–H and O–H groups in total. The van der Waals surface area contributed by atoms with Gasteiger partial charge in [-0.05, 0) is 45.5 Å². The van der Waals surface area contributed by atoms with Crippen LogP contribution in [0, 0.1) is 0 Å². The van der Waals surface area contributed by atoms with E-state index in [4.69, 9.17) is 0 Å². The molecule has 4 aromatic carbocycles. The first-order valence-electron chi connectivity index (χ1n) is 10.2. The molecular weight excluding hydrogens is 379 g/mol. The van der Waals surface area contributed by atoms with Crippen LogP contribution in [0.1, 0.15) is 0 Å². The van der Waals surface area contributed by atoms with Crippen LogP contribution in [-0.2, 0) is 0 Å². The van der Waals surface area contributed by atoms with Gasteiger partial charge in [0.25, 0.3) is 0 Å². The molecule has 0 atom stereocenters. The van der Waals surface area contributed by atoms with Gasteiger partial charge < -0.3 is 0 Å². The highest BCUT2D eigenvalue weighted by molar-refractivity contribution is 7.37. The summed E-state index contributed by atoms with van der Waals surface area (Å²) >= 11 is 0. The molecule has 0 aliphatic carbocycles. The van der Waals surface area contributed by atoms with E-state index in [0.29, 0.717) is 0 Å². The summed E-state index contributed by atoms with van der Waals surface area (Å²) in [5, 5.41) is 2.66. The van der Waals surface area contributed by atoms with E-state index in [-0.39, 0.29) is 0 Å². The van der Waals surface area contributed by atoms with Crippen molar-refractivity contribution in [2.24, 2.45) is 0 Å². The largest absolute Gasteiger partial charge is 0.0622 e. The maximum absolute atomic E-state index is 2.33. The van der Waals surface area contributed by atoms with Gasteiger partial charge in [0.15, 0.2) is 0 Å². The summed E-state index contributed by atoms with van der Waals surface area (Å²) < 4.78 is 0. The number of benzene rings is 4. The Balaban J connectivity index is 1.60. The Labute approximate surface area is 179 Å². The number of rotatable bonds is 4. The molecule has 5 aromatic rings. The minimum atomic E-state index is 1.24. The van der Waals surface area contributed by atoms with Crippen LogP contribution in [0.4, 0.5) is 0 Å². The lowest BCUT2D eigenvalue weighted by molar-refractivity contribution is 1.60. The Morgan fingerprint density at radius 1 is 0.300 bits per heavy atom. The Kier molecular flexibility index (Phi) is 5.25. The van der Waals surface area contributed by atoms with E-state index in [1.807, 2.05) is 0 Å². The highest BCUT2D eigenvalue weighted by Crippen LogP contribution is 2.41. The van der Waals surface area contributed by atoms with Crippen LogP contribution in [-0.4, -0.2) is 0 Å². The zero-order valence-corrected chi connectivity index (χ0v) is 17.5. The average molecular weight is 400 g/mol. The van der Waals surface area contributed by atoms with E-state index in [9.17, 15) is 0 Å². The lowest BCUT2D eigenvalue weighted by atomic mass is 9.99. The minimum absolute atomic E-state index is 1.24. The van der Waals surface area contributed by atoms with Crippen LogP contribution in [0.3, 0.4) is 0 Å². The molecule has 1 heteroatoms. The Hall–Kier alpha value is -3.47. The van der Waals surface area contributed by atoms with E-state index in [1.54, 1.807) is 0 Å². The summed E-state index contributed by atoms with van der Waals surface area (Å²) in [5.74, 6) is 0. The van der Waals surface area contributed by atoms with Crippen molar-refractivity contribution in [3.8, 4) is 44.0 Å². The first-order valence-corrected chi connectivity index (χ1v) is 11.0. The van der Waals surface area contributed by atoms with Crippen molar-refractivity contribution >= 4 is 8.19 Å². The molecule has 0 bridgehead atoms. The third-order valence-corrected chi connectivity index (χ3v) is 6.55. The number of hydrogen-bond donors (Lipinski definition) is 0. The highest BCUT2D eigenvalue weighted by Gasteiger charge is 2.08. The molecule has 0 aliphatic heterocycles. The summed E-state index contributed by atoms with van der Waals surface area (Å²) in [4.78, 5) is 0. The summed E-state index contributed by atoms with van der Waals surface area (Å²) in [6.07, 6.45) is 0. The van der Waals surface area contributed by atoms with Gasteiger partial charge in [-0.25, -0.2) is 0 Å². The van der Waals surface area contributed by atoms with Crippen molar-refractivity contribution in [3.05, 3.63) is 127 Å². The van der Waals surface area contributed by atoms with Gasteiger partial charge in [0, 0.05) is 10.6 Å². The molecule has 1 heterocycles. The molecule has 1 aromatic heterocycles. The van der Waals surface area contributed by atoms with E-state index in [2.05, 4.69) is 127 Å². The SMILES string of the molecule is c1ccc(-c2ccc(-c3cc(-c4ccccc4)pc(-c4ccccc4)c3)cc2)cc1. The zero-order valence-electron chi connectivity index (χ0n) is 16.6. The molecule has 0 fully saturated rings. The van der Waals surface area contributed by atoms with Crippen molar-refractivity contribution in [2.45, 2.75) is 0 Å². The normalized spacial score (nSPS) is 10.7. The zero-order chi connectivity index (χ0) is 20.2. The average Bonchev–Trinajstić information content (AvgIpc) is 2.85. The molecular formula is C29H21P. The third kappa shape index (κ3) is 3.96. The molecule has 0 amide bonds. The molecule has 0 aliphatic rings.